The molecule has 0 saturated carbocycles. The number of carbonyl (C=O) groups excluding carboxylic acids is 1. The van der Waals surface area contributed by atoms with E-state index in [-0.39, 0.29) is 18.3 Å². The van der Waals surface area contributed by atoms with E-state index >= 15 is 0 Å². The lowest BCUT2D eigenvalue weighted by molar-refractivity contribution is -0.127. The molecular formula is C20H23N5O3S. The van der Waals surface area contributed by atoms with Gasteiger partial charge < -0.3 is 20.2 Å². The fourth-order valence-electron chi connectivity index (χ4n) is 2.52. The van der Waals surface area contributed by atoms with Gasteiger partial charge in [-0.1, -0.05) is 48.2 Å². The minimum Gasteiger partial charge on any atom is -0.497 e. The van der Waals surface area contributed by atoms with E-state index in [9.17, 15) is 4.79 Å². The van der Waals surface area contributed by atoms with E-state index in [1.165, 1.54) is 16.4 Å². The van der Waals surface area contributed by atoms with Crippen LogP contribution in [0.15, 0.2) is 59.8 Å². The van der Waals surface area contributed by atoms with E-state index in [1.54, 1.807) is 25.1 Å². The summed E-state index contributed by atoms with van der Waals surface area (Å²) >= 11 is 1.24. The molecule has 0 fully saturated rings. The topological polar surface area (TPSA) is 95.5 Å². The van der Waals surface area contributed by atoms with Crippen molar-refractivity contribution < 1.29 is 14.3 Å². The van der Waals surface area contributed by atoms with Crippen molar-refractivity contribution in [2.45, 2.75) is 18.3 Å². The van der Waals surface area contributed by atoms with Crippen molar-refractivity contribution in [1.82, 2.24) is 19.8 Å². The van der Waals surface area contributed by atoms with Gasteiger partial charge in [-0.15, -0.1) is 10.2 Å². The SMILES string of the molecule is COc1cccc(OCc2nnc(SCC(=O)N(C)Cc3ccccc3)n2N)c1. The fourth-order valence-corrected chi connectivity index (χ4v) is 3.34. The molecule has 0 atom stereocenters. The van der Waals surface area contributed by atoms with Crippen LogP contribution in [0.2, 0.25) is 0 Å². The normalized spacial score (nSPS) is 10.6. The van der Waals surface area contributed by atoms with E-state index in [0.717, 1.165) is 5.56 Å². The van der Waals surface area contributed by atoms with Crippen molar-refractivity contribution in [2.24, 2.45) is 0 Å². The first kappa shape index (κ1) is 20.5. The van der Waals surface area contributed by atoms with Crippen molar-refractivity contribution in [3.63, 3.8) is 0 Å². The number of thioether (sulfide) groups is 1. The Labute approximate surface area is 173 Å². The van der Waals surface area contributed by atoms with Crippen molar-refractivity contribution in [2.75, 3.05) is 25.8 Å². The molecule has 1 aromatic heterocycles. The molecular weight excluding hydrogens is 390 g/mol. The van der Waals surface area contributed by atoms with Crippen molar-refractivity contribution in [1.29, 1.82) is 0 Å². The van der Waals surface area contributed by atoms with Gasteiger partial charge in [-0.05, 0) is 17.7 Å². The number of amides is 1. The molecule has 0 aliphatic carbocycles. The van der Waals surface area contributed by atoms with Crippen LogP contribution in [-0.4, -0.2) is 45.6 Å². The number of hydrogen-bond donors (Lipinski definition) is 1. The van der Waals surface area contributed by atoms with Crippen LogP contribution < -0.4 is 15.3 Å². The zero-order chi connectivity index (χ0) is 20.6. The van der Waals surface area contributed by atoms with Crippen molar-refractivity contribution in [3.05, 3.63) is 66.0 Å². The Hall–Kier alpha value is -3.20. The highest BCUT2D eigenvalue weighted by molar-refractivity contribution is 7.99. The van der Waals surface area contributed by atoms with Crippen LogP contribution in [0.1, 0.15) is 11.4 Å². The minimum atomic E-state index is -0.0176. The predicted octanol–water partition coefficient (Wildman–Crippen LogP) is 2.33. The first-order valence-corrected chi connectivity index (χ1v) is 9.92. The number of rotatable bonds is 9. The summed E-state index contributed by atoms with van der Waals surface area (Å²) in [5.74, 6) is 8.05. The van der Waals surface area contributed by atoms with E-state index in [2.05, 4.69) is 10.2 Å². The monoisotopic (exact) mass is 413 g/mol. The Morgan fingerprint density at radius 2 is 1.90 bits per heavy atom. The summed E-state index contributed by atoms with van der Waals surface area (Å²) in [6.45, 7) is 0.703. The Kier molecular flexibility index (Phi) is 6.96. The molecule has 0 aliphatic heterocycles. The number of nitrogens with zero attached hydrogens (tertiary/aromatic N) is 4. The largest absolute Gasteiger partial charge is 0.497 e. The number of benzene rings is 2. The first-order chi connectivity index (χ1) is 14.1. The number of aromatic nitrogens is 3. The lowest BCUT2D eigenvalue weighted by Gasteiger charge is -2.16. The van der Waals surface area contributed by atoms with E-state index < -0.39 is 0 Å². The van der Waals surface area contributed by atoms with Gasteiger partial charge in [0.2, 0.25) is 11.1 Å². The Balaban J connectivity index is 1.51. The van der Waals surface area contributed by atoms with Gasteiger partial charge in [0, 0.05) is 19.7 Å². The molecule has 152 valence electrons. The molecule has 2 N–H and O–H groups in total. The molecule has 3 aromatic rings. The van der Waals surface area contributed by atoms with Crippen LogP contribution in [0.5, 0.6) is 11.5 Å². The molecule has 29 heavy (non-hydrogen) atoms. The molecule has 0 aliphatic rings. The van der Waals surface area contributed by atoms with Gasteiger partial charge >= 0.3 is 0 Å². The molecule has 0 unspecified atom stereocenters. The van der Waals surface area contributed by atoms with Crippen molar-refractivity contribution >= 4 is 17.7 Å². The third-order valence-corrected chi connectivity index (χ3v) is 5.09. The van der Waals surface area contributed by atoms with Gasteiger partial charge in [0.25, 0.3) is 0 Å². The van der Waals surface area contributed by atoms with E-state index in [1.807, 2.05) is 48.5 Å². The Bertz CT molecular complexity index is 948. The maximum absolute atomic E-state index is 12.4. The summed E-state index contributed by atoms with van der Waals surface area (Å²) in [6, 6.07) is 17.1. The number of carbonyl (C=O) groups is 1. The highest BCUT2D eigenvalue weighted by Crippen LogP contribution is 2.20. The smallest absolute Gasteiger partial charge is 0.233 e. The summed E-state index contributed by atoms with van der Waals surface area (Å²) in [5, 5.41) is 8.56. The number of nitrogens with two attached hydrogens (primary N) is 1. The summed E-state index contributed by atoms with van der Waals surface area (Å²) in [4.78, 5) is 14.1. The van der Waals surface area contributed by atoms with Crippen LogP contribution in [0.4, 0.5) is 0 Å². The highest BCUT2D eigenvalue weighted by atomic mass is 32.2. The van der Waals surface area contributed by atoms with Gasteiger partial charge in [0.1, 0.15) is 18.1 Å². The van der Waals surface area contributed by atoms with E-state index in [4.69, 9.17) is 15.3 Å². The summed E-state index contributed by atoms with van der Waals surface area (Å²) < 4.78 is 12.2. The average molecular weight is 414 g/mol. The van der Waals surface area contributed by atoms with Crippen LogP contribution >= 0.6 is 11.8 Å². The molecule has 8 nitrogen and oxygen atoms in total. The van der Waals surface area contributed by atoms with Gasteiger partial charge in [-0.25, -0.2) is 4.68 Å². The van der Waals surface area contributed by atoms with Crippen LogP contribution in [0.3, 0.4) is 0 Å². The summed E-state index contributed by atoms with van der Waals surface area (Å²) in [7, 11) is 3.37. The minimum absolute atomic E-state index is 0.0176. The lowest BCUT2D eigenvalue weighted by atomic mass is 10.2. The highest BCUT2D eigenvalue weighted by Gasteiger charge is 2.15. The van der Waals surface area contributed by atoms with E-state index in [0.29, 0.717) is 29.0 Å². The zero-order valence-corrected chi connectivity index (χ0v) is 17.1. The molecule has 3 rings (SSSR count). The van der Waals surface area contributed by atoms with Crippen LogP contribution in [0, 0.1) is 0 Å². The van der Waals surface area contributed by atoms with Crippen LogP contribution in [-0.2, 0) is 17.9 Å². The molecule has 1 amide bonds. The summed E-state index contributed by atoms with van der Waals surface area (Å²) in [6.07, 6.45) is 0. The van der Waals surface area contributed by atoms with Crippen molar-refractivity contribution in [3.8, 4) is 11.5 Å². The molecule has 1 heterocycles. The molecule has 2 aromatic carbocycles. The van der Waals surface area contributed by atoms with Crippen LogP contribution in [0.25, 0.3) is 0 Å². The third kappa shape index (κ3) is 5.64. The van der Waals surface area contributed by atoms with Gasteiger partial charge in [0.15, 0.2) is 5.82 Å². The number of methoxy groups -OCH3 is 1. The predicted molar refractivity (Wildman–Crippen MR) is 111 cm³/mol. The second kappa shape index (κ2) is 9.83. The number of ether oxygens (including phenoxy) is 2. The average Bonchev–Trinajstić information content (AvgIpc) is 3.10. The molecule has 9 heteroatoms. The number of nitrogen functional groups attached to an aromatic ring is 1. The van der Waals surface area contributed by atoms with Gasteiger partial charge in [-0.3, -0.25) is 4.79 Å². The molecule has 0 saturated heterocycles. The molecule has 0 radical (unpaired) electrons. The third-order valence-electron chi connectivity index (χ3n) is 4.16. The maximum atomic E-state index is 12.4. The quantitative estimate of drug-likeness (QED) is 0.425. The lowest BCUT2D eigenvalue weighted by Crippen LogP contribution is -2.28. The fraction of sp³-hybridized carbons (Fsp3) is 0.250. The Morgan fingerprint density at radius 3 is 2.66 bits per heavy atom. The second-order valence-electron chi connectivity index (χ2n) is 6.26. The summed E-state index contributed by atoms with van der Waals surface area (Å²) in [5.41, 5.74) is 1.08. The van der Waals surface area contributed by atoms with Gasteiger partial charge in [0.05, 0.1) is 12.9 Å². The number of hydrogen-bond acceptors (Lipinski definition) is 7. The molecule has 0 spiro atoms. The first-order valence-electron chi connectivity index (χ1n) is 8.93. The molecule has 0 bridgehead atoms. The zero-order valence-electron chi connectivity index (χ0n) is 16.3. The second-order valence-corrected chi connectivity index (χ2v) is 7.20. The standard InChI is InChI=1S/C20H23N5O3S/c1-24(12-15-7-4-3-5-8-15)19(26)14-29-20-23-22-18(25(20)21)13-28-17-10-6-9-16(11-17)27-2/h3-11H,12-14,21H2,1-2H3. The Morgan fingerprint density at radius 1 is 1.14 bits per heavy atom. The maximum Gasteiger partial charge on any atom is 0.233 e. The van der Waals surface area contributed by atoms with Gasteiger partial charge in [-0.2, -0.15) is 0 Å².